The van der Waals surface area contributed by atoms with Crippen molar-refractivity contribution in [2.75, 3.05) is 26.0 Å². The number of methoxy groups -OCH3 is 1. The van der Waals surface area contributed by atoms with Crippen LogP contribution in [0.5, 0.6) is 0 Å². The summed E-state index contributed by atoms with van der Waals surface area (Å²) in [6, 6.07) is 0.246. The van der Waals surface area contributed by atoms with Crippen LogP contribution in [0.2, 0.25) is 0 Å². The van der Waals surface area contributed by atoms with Crippen molar-refractivity contribution in [2.45, 2.75) is 39.3 Å². The van der Waals surface area contributed by atoms with Crippen molar-refractivity contribution >= 4 is 11.6 Å². The summed E-state index contributed by atoms with van der Waals surface area (Å²) in [5, 5.41) is 4.04. The van der Waals surface area contributed by atoms with Crippen LogP contribution in [0.25, 0.3) is 0 Å². The zero-order valence-corrected chi connectivity index (χ0v) is 12.0. The molecule has 0 aromatic carbocycles. The van der Waals surface area contributed by atoms with E-state index < -0.39 is 0 Å². The first kappa shape index (κ1) is 15.5. The molecular weight excluding hydrogens is 244 g/mol. The number of nitrogens with zero attached hydrogens (tertiary/aromatic N) is 3. The van der Waals surface area contributed by atoms with Gasteiger partial charge in [0.15, 0.2) is 0 Å². The number of carbonyl (C=O) groups is 1. The minimum Gasteiger partial charge on any atom is -0.396 e. The molecule has 0 unspecified atom stereocenters. The fraction of sp³-hybridized carbons (Fsp3) is 0.692. The van der Waals surface area contributed by atoms with E-state index >= 15 is 0 Å². The summed E-state index contributed by atoms with van der Waals surface area (Å²) in [4.78, 5) is 14.2. The van der Waals surface area contributed by atoms with E-state index in [9.17, 15) is 4.79 Å². The number of hydrogen-bond donors (Lipinski definition) is 1. The lowest BCUT2D eigenvalue weighted by atomic mass is 10.1. The molecule has 0 atom stereocenters. The molecule has 108 valence electrons. The van der Waals surface area contributed by atoms with Gasteiger partial charge in [-0.3, -0.25) is 9.48 Å². The highest BCUT2D eigenvalue weighted by atomic mass is 16.5. The van der Waals surface area contributed by atoms with Crippen molar-refractivity contribution in [2.24, 2.45) is 0 Å². The van der Waals surface area contributed by atoms with Gasteiger partial charge in [0.2, 0.25) is 5.91 Å². The summed E-state index contributed by atoms with van der Waals surface area (Å²) in [6.07, 6.45) is 5.09. The lowest BCUT2D eigenvalue weighted by molar-refractivity contribution is -0.135. The minimum absolute atomic E-state index is 0.0499. The van der Waals surface area contributed by atoms with E-state index in [1.54, 1.807) is 24.2 Å². The Balaban J connectivity index is 2.69. The van der Waals surface area contributed by atoms with Gasteiger partial charge in [0.1, 0.15) is 6.54 Å². The van der Waals surface area contributed by atoms with E-state index in [-0.39, 0.29) is 18.5 Å². The van der Waals surface area contributed by atoms with Gasteiger partial charge in [0.25, 0.3) is 0 Å². The minimum atomic E-state index is 0.0499. The predicted molar refractivity (Wildman–Crippen MR) is 74.6 cm³/mol. The van der Waals surface area contributed by atoms with Crippen LogP contribution >= 0.6 is 0 Å². The maximum Gasteiger partial charge on any atom is 0.244 e. The van der Waals surface area contributed by atoms with E-state index in [1.165, 1.54) is 0 Å². The number of hydrogen-bond acceptors (Lipinski definition) is 4. The Morgan fingerprint density at radius 3 is 2.68 bits per heavy atom. The average molecular weight is 268 g/mol. The van der Waals surface area contributed by atoms with Crippen molar-refractivity contribution in [3.63, 3.8) is 0 Å². The van der Waals surface area contributed by atoms with Gasteiger partial charge in [-0.1, -0.05) is 13.8 Å². The molecule has 1 aromatic heterocycles. The first-order chi connectivity index (χ1) is 9.12. The van der Waals surface area contributed by atoms with Gasteiger partial charge in [0, 0.05) is 25.9 Å². The van der Waals surface area contributed by atoms with Crippen LogP contribution in [0.3, 0.4) is 0 Å². The molecule has 0 fully saturated rings. The van der Waals surface area contributed by atoms with Crippen LogP contribution in [0.1, 0.15) is 26.7 Å². The van der Waals surface area contributed by atoms with Gasteiger partial charge < -0.3 is 15.4 Å². The van der Waals surface area contributed by atoms with Crippen LogP contribution < -0.4 is 5.73 Å². The summed E-state index contributed by atoms with van der Waals surface area (Å²) < 4.78 is 6.65. The fourth-order valence-corrected chi connectivity index (χ4v) is 2.13. The molecule has 1 heterocycles. The van der Waals surface area contributed by atoms with Crippen molar-refractivity contribution in [3.05, 3.63) is 12.4 Å². The predicted octanol–water partition coefficient (Wildman–Crippen LogP) is 1.13. The summed E-state index contributed by atoms with van der Waals surface area (Å²) in [5.74, 6) is 0.0499. The molecule has 0 saturated carbocycles. The molecule has 0 aliphatic rings. The number of ether oxygens (including phenoxy) is 1. The SMILES string of the molecule is CCC(CC)N(CCOC)C(=O)Cn1cc(N)cn1. The number of carbonyl (C=O) groups excluding carboxylic acids is 1. The van der Waals surface area contributed by atoms with Gasteiger partial charge in [-0.25, -0.2) is 0 Å². The molecule has 2 N–H and O–H groups in total. The van der Waals surface area contributed by atoms with E-state index in [0.29, 0.717) is 18.8 Å². The third kappa shape index (κ3) is 4.55. The summed E-state index contributed by atoms with van der Waals surface area (Å²) in [5.41, 5.74) is 6.16. The van der Waals surface area contributed by atoms with Gasteiger partial charge in [-0.15, -0.1) is 0 Å². The maximum absolute atomic E-state index is 12.4. The Hall–Kier alpha value is -1.56. The van der Waals surface area contributed by atoms with Crippen LogP contribution in [0.4, 0.5) is 5.69 Å². The number of amides is 1. The molecule has 19 heavy (non-hydrogen) atoms. The monoisotopic (exact) mass is 268 g/mol. The summed E-state index contributed by atoms with van der Waals surface area (Å²) >= 11 is 0. The Morgan fingerprint density at radius 2 is 2.21 bits per heavy atom. The smallest absolute Gasteiger partial charge is 0.244 e. The third-order valence-corrected chi connectivity index (χ3v) is 3.19. The van der Waals surface area contributed by atoms with E-state index in [2.05, 4.69) is 18.9 Å². The fourth-order valence-electron chi connectivity index (χ4n) is 2.13. The Morgan fingerprint density at radius 1 is 1.53 bits per heavy atom. The number of nitrogen functional groups attached to an aromatic ring is 1. The number of anilines is 1. The second-order valence-electron chi connectivity index (χ2n) is 4.52. The molecule has 0 bridgehead atoms. The van der Waals surface area contributed by atoms with Crippen LogP contribution in [0.15, 0.2) is 12.4 Å². The maximum atomic E-state index is 12.4. The molecule has 0 aliphatic carbocycles. The molecule has 1 rings (SSSR count). The van der Waals surface area contributed by atoms with Crippen LogP contribution in [-0.2, 0) is 16.1 Å². The molecule has 1 amide bonds. The summed E-state index contributed by atoms with van der Waals surface area (Å²) in [6.45, 7) is 5.56. The van der Waals surface area contributed by atoms with E-state index in [1.807, 2.05) is 4.90 Å². The van der Waals surface area contributed by atoms with Crippen LogP contribution in [0, 0.1) is 0 Å². The van der Waals surface area contributed by atoms with Gasteiger partial charge in [-0.05, 0) is 12.8 Å². The lowest BCUT2D eigenvalue weighted by Crippen LogP contribution is -2.43. The standard InChI is InChI=1S/C13H24N4O2/c1-4-12(5-2)17(6-7-19-3)13(18)10-16-9-11(14)8-15-16/h8-9,12H,4-7,10,14H2,1-3H3. The number of rotatable bonds is 8. The highest BCUT2D eigenvalue weighted by Crippen LogP contribution is 2.10. The van der Waals surface area contributed by atoms with Gasteiger partial charge >= 0.3 is 0 Å². The molecule has 0 saturated heterocycles. The van der Waals surface area contributed by atoms with Crippen molar-refractivity contribution in [3.8, 4) is 0 Å². The zero-order valence-electron chi connectivity index (χ0n) is 12.0. The molecule has 0 aliphatic heterocycles. The van der Waals surface area contributed by atoms with Crippen molar-refractivity contribution < 1.29 is 9.53 Å². The normalized spacial score (nSPS) is 10.9. The van der Waals surface area contributed by atoms with Gasteiger partial charge in [0.05, 0.1) is 18.5 Å². The highest BCUT2D eigenvalue weighted by Gasteiger charge is 2.21. The average Bonchev–Trinajstić information content (AvgIpc) is 2.79. The second-order valence-corrected chi connectivity index (χ2v) is 4.52. The molecule has 0 spiro atoms. The number of nitrogens with two attached hydrogens (primary N) is 1. The highest BCUT2D eigenvalue weighted by molar-refractivity contribution is 5.76. The number of aromatic nitrogens is 2. The zero-order chi connectivity index (χ0) is 14.3. The van der Waals surface area contributed by atoms with E-state index in [0.717, 1.165) is 12.8 Å². The third-order valence-electron chi connectivity index (χ3n) is 3.19. The first-order valence-corrected chi connectivity index (χ1v) is 6.68. The quantitative estimate of drug-likeness (QED) is 0.767. The second kappa shape index (κ2) is 7.78. The van der Waals surface area contributed by atoms with E-state index in [4.69, 9.17) is 10.5 Å². The lowest BCUT2D eigenvalue weighted by Gasteiger charge is -2.30. The molecule has 0 radical (unpaired) electrons. The molecule has 1 aromatic rings. The molecular formula is C13H24N4O2. The van der Waals surface area contributed by atoms with Crippen molar-refractivity contribution in [1.29, 1.82) is 0 Å². The topological polar surface area (TPSA) is 73.4 Å². The van der Waals surface area contributed by atoms with Gasteiger partial charge in [-0.2, -0.15) is 5.10 Å². The summed E-state index contributed by atoms with van der Waals surface area (Å²) in [7, 11) is 1.64. The van der Waals surface area contributed by atoms with Crippen LogP contribution in [-0.4, -0.2) is 46.9 Å². The molecule has 6 nitrogen and oxygen atoms in total. The van der Waals surface area contributed by atoms with Crippen molar-refractivity contribution in [1.82, 2.24) is 14.7 Å². The molecule has 6 heteroatoms. The largest absolute Gasteiger partial charge is 0.396 e. The Bertz CT molecular complexity index is 388. The Kier molecular flexibility index (Phi) is 6.35. The first-order valence-electron chi connectivity index (χ1n) is 6.68. The Labute approximate surface area is 114 Å².